The summed E-state index contributed by atoms with van der Waals surface area (Å²) in [5.74, 6) is 2.71. The van der Waals surface area contributed by atoms with E-state index in [4.69, 9.17) is 11.6 Å². The first-order valence-electron chi connectivity index (χ1n) is 6.63. The van der Waals surface area contributed by atoms with E-state index in [9.17, 15) is 5.11 Å². The van der Waals surface area contributed by atoms with Crippen LogP contribution in [0.15, 0.2) is 11.4 Å². The summed E-state index contributed by atoms with van der Waals surface area (Å²) in [7, 11) is 0. The molecule has 0 saturated heterocycles. The van der Waals surface area contributed by atoms with Crippen LogP contribution in [0.1, 0.15) is 37.0 Å². The van der Waals surface area contributed by atoms with Crippen molar-refractivity contribution >= 4 is 22.9 Å². The van der Waals surface area contributed by atoms with Crippen LogP contribution in [0.25, 0.3) is 0 Å². The monoisotopic (exact) mass is 268 g/mol. The molecule has 4 saturated carbocycles. The summed E-state index contributed by atoms with van der Waals surface area (Å²) in [6.07, 6.45) is 6.30. The van der Waals surface area contributed by atoms with Crippen molar-refractivity contribution in [3.05, 3.63) is 21.3 Å². The number of halogens is 1. The highest BCUT2D eigenvalue weighted by atomic mass is 35.5. The van der Waals surface area contributed by atoms with Gasteiger partial charge in [0.25, 0.3) is 0 Å². The van der Waals surface area contributed by atoms with Crippen molar-refractivity contribution in [1.82, 2.24) is 0 Å². The highest BCUT2D eigenvalue weighted by molar-refractivity contribution is 7.10. The van der Waals surface area contributed by atoms with E-state index in [1.165, 1.54) is 32.1 Å². The number of aliphatic hydroxyl groups is 1. The summed E-state index contributed by atoms with van der Waals surface area (Å²) in [6.45, 7) is 0. The zero-order chi connectivity index (χ0) is 11.6. The van der Waals surface area contributed by atoms with Gasteiger partial charge in [-0.15, -0.1) is 11.3 Å². The maximum Gasteiger partial charge on any atom is 0.106 e. The molecule has 0 spiro atoms. The van der Waals surface area contributed by atoms with Crippen LogP contribution in [-0.2, 0) is 5.60 Å². The molecule has 4 aliphatic carbocycles. The second-order valence-electron chi connectivity index (χ2n) is 6.23. The fraction of sp³-hybridized carbons (Fsp3) is 0.714. The molecule has 1 nitrogen and oxygen atoms in total. The Hall–Kier alpha value is -0.0500. The Labute approximate surface area is 111 Å². The normalized spacial score (nSPS) is 47.6. The summed E-state index contributed by atoms with van der Waals surface area (Å²) >= 11 is 7.92. The molecule has 92 valence electrons. The molecule has 0 aromatic carbocycles. The van der Waals surface area contributed by atoms with Crippen LogP contribution in [-0.4, -0.2) is 5.11 Å². The first-order valence-corrected chi connectivity index (χ1v) is 7.89. The molecule has 0 radical (unpaired) electrons. The van der Waals surface area contributed by atoms with Crippen molar-refractivity contribution < 1.29 is 5.11 Å². The van der Waals surface area contributed by atoms with Gasteiger partial charge in [-0.3, -0.25) is 0 Å². The average Bonchev–Trinajstić information content (AvgIpc) is 2.71. The van der Waals surface area contributed by atoms with Crippen molar-refractivity contribution in [3.63, 3.8) is 0 Å². The minimum absolute atomic E-state index is 0.468. The average molecular weight is 269 g/mol. The van der Waals surface area contributed by atoms with Crippen molar-refractivity contribution in [2.75, 3.05) is 0 Å². The maximum atomic E-state index is 11.3. The molecule has 1 aromatic heterocycles. The molecular formula is C14H17ClOS. The molecule has 5 rings (SSSR count). The second-order valence-corrected chi connectivity index (χ2v) is 7.55. The molecule has 4 bridgehead atoms. The van der Waals surface area contributed by atoms with Gasteiger partial charge in [-0.05, 0) is 67.2 Å². The third kappa shape index (κ3) is 1.35. The zero-order valence-electron chi connectivity index (χ0n) is 9.73. The molecule has 1 aromatic rings. The van der Waals surface area contributed by atoms with Gasteiger partial charge in [0.2, 0.25) is 0 Å². The first-order chi connectivity index (χ1) is 8.18. The van der Waals surface area contributed by atoms with Gasteiger partial charge in [-0.1, -0.05) is 11.6 Å². The van der Waals surface area contributed by atoms with Crippen LogP contribution in [0.4, 0.5) is 0 Å². The van der Waals surface area contributed by atoms with E-state index in [0.29, 0.717) is 11.8 Å². The predicted octanol–water partition coefficient (Wildman–Crippen LogP) is 4.05. The topological polar surface area (TPSA) is 20.2 Å². The lowest BCUT2D eigenvalue weighted by molar-refractivity contribution is -0.177. The van der Waals surface area contributed by atoms with Crippen LogP contribution >= 0.6 is 22.9 Å². The van der Waals surface area contributed by atoms with Crippen molar-refractivity contribution in [1.29, 1.82) is 0 Å². The quantitative estimate of drug-likeness (QED) is 0.815. The maximum absolute atomic E-state index is 11.3. The van der Waals surface area contributed by atoms with Gasteiger partial charge < -0.3 is 5.11 Å². The Morgan fingerprint density at radius 3 is 2.18 bits per heavy atom. The van der Waals surface area contributed by atoms with E-state index < -0.39 is 5.60 Å². The molecule has 3 heteroatoms. The molecule has 0 amide bonds. The van der Waals surface area contributed by atoms with Crippen LogP contribution in [0, 0.1) is 23.7 Å². The predicted molar refractivity (Wildman–Crippen MR) is 70.3 cm³/mol. The summed E-state index contributed by atoms with van der Waals surface area (Å²) in [4.78, 5) is 1.05. The van der Waals surface area contributed by atoms with Crippen molar-refractivity contribution in [2.45, 2.75) is 37.7 Å². The smallest absolute Gasteiger partial charge is 0.106 e. The van der Waals surface area contributed by atoms with Crippen LogP contribution in [0.5, 0.6) is 0 Å². The lowest BCUT2D eigenvalue weighted by atomic mass is 9.49. The molecule has 1 N–H and O–H groups in total. The van der Waals surface area contributed by atoms with Crippen molar-refractivity contribution in [2.24, 2.45) is 23.7 Å². The van der Waals surface area contributed by atoms with Gasteiger partial charge in [-0.25, -0.2) is 0 Å². The number of hydrogen-bond donors (Lipinski definition) is 1. The van der Waals surface area contributed by atoms with E-state index in [0.717, 1.165) is 21.7 Å². The molecule has 4 aliphatic rings. The van der Waals surface area contributed by atoms with Crippen LogP contribution in [0.3, 0.4) is 0 Å². The fourth-order valence-corrected chi connectivity index (χ4v) is 6.32. The van der Waals surface area contributed by atoms with E-state index in [1.807, 2.05) is 11.4 Å². The molecule has 0 aliphatic heterocycles. The third-order valence-electron chi connectivity index (χ3n) is 5.36. The highest BCUT2D eigenvalue weighted by Crippen LogP contribution is 2.63. The number of thiophene rings is 1. The van der Waals surface area contributed by atoms with Gasteiger partial charge in [-0.2, -0.15) is 0 Å². The molecule has 0 unspecified atom stereocenters. The van der Waals surface area contributed by atoms with Crippen molar-refractivity contribution in [3.8, 4) is 0 Å². The Balaban J connectivity index is 1.81. The largest absolute Gasteiger partial charge is 0.384 e. The minimum atomic E-state index is -0.599. The molecular weight excluding hydrogens is 252 g/mol. The summed E-state index contributed by atoms with van der Waals surface area (Å²) in [5, 5.41) is 14.1. The number of hydrogen-bond acceptors (Lipinski definition) is 2. The lowest BCUT2D eigenvalue weighted by Gasteiger charge is -2.58. The van der Waals surface area contributed by atoms with Gasteiger partial charge in [0.05, 0.1) is 9.90 Å². The minimum Gasteiger partial charge on any atom is -0.384 e. The Morgan fingerprint density at radius 1 is 1.12 bits per heavy atom. The SMILES string of the molecule is OC1(c2sccc2Cl)C2CC3CC(C2)CC1C3. The van der Waals surface area contributed by atoms with E-state index in [1.54, 1.807) is 11.3 Å². The third-order valence-corrected chi connectivity index (χ3v) is 6.85. The molecule has 0 atom stereocenters. The first kappa shape index (κ1) is 10.8. The fourth-order valence-electron chi connectivity index (χ4n) is 4.85. The Bertz CT molecular complexity index is 425. The van der Waals surface area contributed by atoms with Gasteiger partial charge in [0, 0.05) is 0 Å². The molecule has 4 fully saturated rings. The van der Waals surface area contributed by atoms with E-state index in [-0.39, 0.29) is 0 Å². The van der Waals surface area contributed by atoms with Gasteiger partial charge in [0.15, 0.2) is 0 Å². The summed E-state index contributed by atoms with van der Waals surface area (Å²) in [6, 6.07) is 1.94. The Morgan fingerprint density at radius 2 is 1.71 bits per heavy atom. The standard InChI is InChI=1S/C14H17ClOS/c15-12-1-2-17-13(12)14(16)10-4-8-3-9(6-10)7-11(14)5-8/h1-2,8-11,16H,3-7H2. The highest BCUT2D eigenvalue weighted by Gasteiger charge is 2.58. The molecule has 17 heavy (non-hydrogen) atoms. The zero-order valence-corrected chi connectivity index (χ0v) is 11.3. The van der Waals surface area contributed by atoms with Gasteiger partial charge >= 0.3 is 0 Å². The number of rotatable bonds is 1. The van der Waals surface area contributed by atoms with Gasteiger partial charge in [0.1, 0.15) is 5.60 Å². The van der Waals surface area contributed by atoms with E-state index >= 15 is 0 Å². The van der Waals surface area contributed by atoms with E-state index in [2.05, 4.69) is 0 Å². The Kier molecular flexibility index (Phi) is 2.23. The van der Waals surface area contributed by atoms with Crippen LogP contribution < -0.4 is 0 Å². The molecule has 1 heterocycles. The summed E-state index contributed by atoms with van der Waals surface area (Å²) < 4.78 is 0. The van der Waals surface area contributed by atoms with Crippen LogP contribution in [0.2, 0.25) is 5.02 Å². The lowest BCUT2D eigenvalue weighted by Crippen LogP contribution is -2.55. The summed E-state index contributed by atoms with van der Waals surface area (Å²) in [5.41, 5.74) is -0.599. The second kappa shape index (κ2) is 3.49.